The molecule has 0 saturated carbocycles. The summed E-state index contributed by atoms with van der Waals surface area (Å²) in [6, 6.07) is 39.7. The molecule has 8 aromatic rings. The highest BCUT2D eigenvalue weighted by Gasteiger charge is 2.42. The van der Waals surface area contributed by atoms with Crippen LogP contribution < -0.4 is 10.4 Å². The van der Waals surface area contributed by atoms with Crippen LogP contribution in [0.5, 0.6) is 0 Å². The van der Waals surface area contributed by atoms with Crippen LogP contribution in [0, 0.1) is 0 Å². The number of fused-ring (bicyclic) bond motifs is 9. The molecule has 194 valence electrons. The maximum absolute atomic E-state index is 5.54. The number of hydrogen-bond donors (Lipinski definition) is 0. The molecule has 0 saturated heterocycles. The minimum Gasteiger partial charge on any atom is -0.228 e. The van der Waals surface area contributed by atoms with Gasteiger partial charge in [0, 0.05) is 51.5 Å². The van der Waals surface area contributed by atoms with Gasteiger partial charge in [0.2, 0.25) is 0 Å². The molecule has 9 rings (SSSR count). The van der Waals surface area contributed by atoms with Gasteiger partial charge < -0.3 is 0 Å². The van der Waals surface area contributed by atoms with Crippen LogP contribution in [0.3, 0.4) is 0 Å². The lowest BCUT2D eigenvalue weighted by atomic mass is 10.0. The predicted octanol–water partition coefficient (Wildman–Crippen LogP) is 9.35. The highest BCUT2D eigenvalue weighted by Crippen LogP contribution is 2.43. The zero-order chi connectivity index (χ0) is 27.3. The molecular formula is C36H24N2S2Si. The smallest absolute Gasteiger partial charge is 0.161 e. The van der Waals surface area contributed by atoms with Crippen molar-refractivity contribution in [1.29, 1.82) is 0 Å². The summed E-state index contributed by atoms with van der Waals surface area (Å²) < 4.78 is 5.17. The molecule has 0 aliphatic carbocycles. The Kier molecular flexibility index (Phi) is 4.84. The van der Waals surface area contributed by atoms with Crippen LogP contribution in [-0.2, 0) is 0 Å². The molecule has 5 heteroatoms. The van der Waals surface area contributed by atoms with E-state index in [0.29, 0.717) is 0 Å². The molecule has 0 unspecified atom stereocenters. The summed E-state index contributed by atoms with van der Waals surface area (Å²) in [7, 11) is -2.06. The van der Waals surface area contributed by atoms with E-state index in [4.69, 9.17) is 9.97 Å². The highest BCUT2D eigenvalue weighted by molar-refractivity contribution is 7.26. The number of benzene rings is 5. The van der Waals surface area contributed by atoms with Crippen LogP contribution in [0.2, 0.25) is 13.1 Å². The summed E-state index contributed by atoms with van der Waals surface area (Å²) in [4.78, 5) is 11.0. The fraction of sp³-hybridized carbons (Fsp3) is 0.0556. The molecule has 0 spiro atoms. The lowest BCUT2D eigenvalue weighted by Crippen LogP contribution is -2.50. The van der Waals surface area contributed by atoms with E-state index in [-0.39, 0.29) is 0 Å². The van der Waals surface area contributed by atoms with Crippen molar-refractivity contribution in [3.8, 4) is 33.9 Å². The van der Waals surface area contributed by atoms with Crippen molar-refractivity contribution < 1.29 is 0 Å². The molecule has 5 aromatic carbocycles. The third kappa shape index (κ3) is 3.22. The molecule has 0 bridgehead atoms. The molecule has 2 nitrogen and oxygen atoms in total. The Hall–Kier alpha value is -4.16. The maximum atomic E-state index is 5.54. The van der Waals surface area contributed by atoms with Crippen LogP contribution in [0.25, 0.3) is 74.2 Å². The third-order valence-electron chi connectivity index (χ3n) is 8.69. The first-order valence-electron chi connectivity index (χ1n) is 13.9. The van der Waals surface area contributed by atoms with E-state index in [0.717, 1.165) is 22.8 Å². The zero-order valence-electron chi connectivity index (χ0n) is 22.6. The van der Waals surface area contributed by atoms with Gasteiger partial charge in [-0.2, -0.15) is 0 Å². The molecule has 0 fully saturated rings. The van der Waals surface area contributed by atoms with Gasteiger partial charge in [0.25, 0.3) is 0 Å². The Morgan fingerprint density at radius 2 is 0.976 bits per heavy atom. The molecule has 4 heterocycles. The lowest BCUT2D eigenvalue weighted by Gasteiger charge is -2.22. The monoisotopic (exact) mass is 576 g/mol. The Bertz CT molecular complexity index is 2360. The van der Waals surface area contributed by atoms with Crippen LogP contribution in [0.15, 0.2) is 109 Å². The topological polar surface area (TPSA) is 25.8 Å². The Labute approximate surface area is 246 Å². The summed E-state index contributed by atoms with van der Waals surface area (Å²) in [5.74, 6) is 0.815. The molecule has 1 aliphatic rings. The van der Waals surface area contributed by atoms with Crippen LogP contribution in [-0.4, -0.2) is 18.0 Å². The van der Waals surface area contributed by atoms with Crippen LogP contribution in [0.1, 0.15) is 0 Å². The van der Waals surface area contributed by atoms with E-state index >= 15 is 0 Å². The zero-order valence-corrected chi connectivity index (χ0v) is 25.2. The van der Waals surface area contributed by atoms with Gasteiger partial charge in [-0.25, -0.2) is 9.97 Å². The first-order chi connectivity index (χ1) is 20.1. The fourth-order valence-corrected chi connectivity index (χ4v) is 12.4. The standard InChI is InChI=1S/C36H24N2S2Si/c1-41(2)30-20-8-5-13-25(30)31-35(41)32(26-16-9-14-23-21-11-3-6-18-28(21)39-33(23)26)38-36(37-31)27-17-10-15-24-22-12-4-7-19-29(22)40-34(24)27/h3-20H,1-2H3. The van der Waals surface area contributed by atoms with E-state index < -0.39 is 8.07 Å². The molecule has 3 aromatic heterocycles. The summed E-state index contributed by atoms with van der Waals surface area (Å²) in [6.45, 7) is 4.92. The average Bonchev–Trinajstić information content (AvgIpc) is 3.65. The SMILES string of the molecule is C[Si]1(C)c2ccccc2-c2nc(-c3cccc4c3sc3ccccc34)nc(-c3cccc4c3sc3ccccc34)c21. The average molecular weight is 577 g/mol. The first-order valence-corrected chi connectivity index (χ1v) is 18.6. The lowest BCUT2D eigenvalue weighted by molar-refractivity contribution is 1.21. The van der Waals surface area contributed by atoms with E-state index in [1.54, 1.807) is 0 Å². The minimum absolute atomic E-state index is 0.815. The number of nitrogens with zero attached hydrogens (tertiary/aromatic N) is 2. The molecular weight excluding hydrogens is 553 g/mol. The number of aromatic nitrogens is 2. The van der Waals surface area contributed by atoms with E-state index in [2.05, 4.69) is 122 Å². The van der Waals surface area contributed by atoms with Gasteiger partial charge in [-0.15, -0.1) is 22.7 Å². The van der Waals surface area contributed by atoms with Crippen molar-refractivity contribution in [2.75, 3.05) is 0 Å². The number of rotatable bonds is 2. The second-order valence-corrected chi connectivity index (χ2v) is 17.7. The molecule has 0 radical (unpaired) electrons. The van der Waals surface area contributed by atoms with E-state index in [1.807, 2.05) is 22.7 Å². The second-order valence-electron chi connectivity index (χ2n) is 11.4. The normalized spacial score (nSPS) is 13.8. The number of hydrogen-bond acceptors (Lipinski definition) is 4. The van der Waals surface area contributed by atoms with Crippen molar-refractivity contribution >= 4 is 81.5 Å². The second kappa shape index (κ2) is 8.43. The Morgan fingerprint density at radius 3 is 1.66 bits per heavy atom. The van der Waals surface area contributed by atoms with Crippen LogP contribution >= 0.6 is 22.7 Å². The van der Waals surface area contributed by atoms with Crippen molar-refractivity contribution in [2.45, 2.75) is 13.1 Å². The van der Waals surface area contributed by atoms with Crippen molar-refractivity contribution in [3.63, 3.8) is 0 Å². The Morgan fingerprint density at radius 1 is 0.488 bits per heavy atom. The van der Waals surface area contributed by atoms with Crippen molar-refractivity contribution in [3.05, 3.63) is 109 Å². The van der Waals surface area contributed by atoms with Crippen molar-refractivity contribution in [1.82, 2.24) is 9.97 Å². The van der Waals surface area contributed by atoms with Gasteiger partial charge >= 0.3 is 0 Å². The fourth-order valence-electron chi connectivity index (χ4n) is 6.79. The summed E-state index contributed by atoms with van der Waals surface area (Å²) in [5, 5.41) is 8.00. The van der Waals surface area contributed by atoms with Gasteiger partial charge in [0.15, 0.2) is 5.82 Å². The summed E-state index contributed by atoms with van der Waals surface area (Å²) in [6.07, 6.45) is 0. The Balaban J connectivity index is 1.41. The molecule has 1 aliphatic heterocycles. The van der Waals surface area contributed by atoms with Gasteiger partial charge in [-0.05, 0) is 34.1 Å². The van der Waals surface area contributed by atoms with Gasteiger partial charge in [0.05, 0.1) is 11.4 Å². The summed E-state index contributed by atoms with van der Waals surface area (Å²) >= 11 is 3.72. The predicted molar refractivity (Wildman–Crippen MR) is 181 cm³/mol. The molecule has 0 amide bonds. The third-order valence-corrected chi connectivity index (χ3v) is 14.6. The highest BCUT2D eigenvalue weighted by atomic mass is 32.1. The molecule has 0 N–H and O–H groups in total. The minimum atomic E-state index is -2.06. The van der Waals surface area contributed by atoms with Gasteiger partial charge in [-0.1, -0.05) is 104 Å². The van der Waals surface area contributed by atoms with Gasteiger partial charge in [-0.3, -0.25) is 0 Å². The molecule has 0 atom stereocenters. The summed E-state index contributed by atoms with van der Waals surface area (Å²) in [5.41, 5.74) is 5.83. The van der Waals surface area contributed by atoms with E-state index in [1.165, 1.54) is 61.8 Å². The van der Waals surface area contributed by atoms with E-state index in [9.17, 15) is 0 Å². The first kappa shape index (κ1) is 23.5. The molecule has 41 heavy (non-hydrogen) atoms. The van der Waals surface area contributed by atoms with Gasteiger partial charge in [0.1, 0.15) is 8.07 Å². The maximum Gasteiger partial charge on any atom is 0.161 e. The van der Waals surface area contributed by atoms with Crippen LogP contribution in [0.4, 0.5) is 0 Å². The quantitative estimate of drug-likeness (QED) is 0.192. The number of thiophene rings is 2. The largest absolute Gasteiger partial charge is 0.228 e. The van der Waals surface area contributed by atoms with Crippen molar-refractivity contribution in [2.24, 2.45) is 0 Å².